The molecule has 1 atom stereocenters. The van der Waals surface area contributed by atoms with E-state index in [1.165, 1.54) is 5.56 Å². The molecule has 8 heteroatoms. The molecule has 4 aromatic rings. The summed E-state index contributed by atoms with van der Waals surface area (Å²) in [5, 5.41) is 24.1. The van der Waals surface area contributed by atoms with Crippen LogP contribution in [0.4, 0.5) is 5.69 Å². The fourth-order valence-electron chi connectivity index (χ4n) is 5.56. The van der Waals surface area contributed by atoms with E-state index in [1.54, 1.807) is 16.7 Å². The molecule has 2 aliphatic heterocycles. The van der Waals surface area contributed by atoms with Gasteiger partial charge in [-0.15, -0.1) is 0 Å². The van der Waals surface area contributed by atoms with Gasteiger partial charge in [-0.1, -0.05) is 36.4 Å². The number of hydrogen-bond donors (Lipinski definition) is 1. The number of aromatic nitrogens is 2. The number of carbonyl (C=O) groups excluding carboxylic acids is 1. The summed E-state index contributed by atoms with van der Waals surface area (Å²) >= 11 is 0. The van der Waals surface area contributed by atoms with Crippen LogP contribution >= 0.6 is 0 Å². The molecule has 6 rings (SSSR count). The summed E-state index contributed by atoms with van der Waals surface area (Å²) in [6.45, 7) is 2.86. The summed E-state index contributed by atoms with van der Waals surface area (Å²) in [4.78, 5) is 17.8. The quantitative estimate of drug-likeness (QED) is 0.411. The van der Waals surface area contributed by atoms with Gasteiger partial charge in [-0.05, 0) is 65.9 Å². The number of nitrogens with zero attached hydrogens (tertiary/aromatic N) is 5. The SMILES string of the molecule is COc1ccc(-n2nc(C#N)c3c2C(=O)N(c2ccc(-c4ccccc4CN4CC[C@H](O)C4)cc2)CC3)cc1. The number of anilines is 1. The monoisotopic (exact) mass is 519 g/mol. The zero-order chi connectivity index (χ0) is 26.9. The molecule has 2 aliphatic rings. The van der Waals surface area contributed by atoms with Crippen molar-refractivity contribution in [1.82, 2.24) is 14.7 Å². The number of ether oxygens (including phenoxy) is 1. The van der Waals surface area contributed by atoms with Crippen molar-refractivity contribution in [2.24, 2.45) is 0 Å². The van der Waals surface area contributed by atoms with Crippen LogP contribution in [0.25, 0.3) is 16.8 Å². The number of rotatable bonds is 6. The normalized spacial score (nSPS) is 17.2. The van der Waals surface area contributed by atoms with E-state index in [2.05, 4.69) is 40.3 Å². The topological polar surface area (TPSA) is 94.6 Å². The van der Waals surface area contributed by atoms with Crippen LogP contribution in [0.2, 0.25) is 0 Å². The molecule has 3 aromatic carbocycles. The molecule has 0 saturated carbocycles. The van der Waals surface area contributed by atoms with E-state index in [0.29, 0.717) is 42.2 Å². The van der Waals surface area contributed by atoms with E-state index in [9.17, 15) is 15.2 Å². The second-order valence-electron chi connectivity index (χ2n) is 9.99. The lowest BCUT2D eigenvalue weighted by molar-refractivity contribution is 0.0973. The highest BCUT2D eigenvalue weighted by molar-refractivity contribution is 6.07. The number of carbonyl (C=O) groups is 1. The molecule has 196 valence electrons. The molecule has 0 aliphatic carbocycles. The molecule has 3 heterocycles. The van der Waals surface area contributed by atoms with Gasteiger partial charge in [0.15, 0.2) is 5.69 Å². The summed E-state index contributed by atoms with van der Waals surface area (Å²) in [6.07, 6.45) is 1.12. The van der Waals surface area contributed by atoms with Crippen LogP contribution < -0.4 is 9.64 Å². The molecule has 0 bridgehead atoms. The van der Waals surface area contributed by atoms with Crippen molar-refractivity contribution in [3.63, 3.8) is 0 Å². The average Bonchev–Trinajstić information content (AvgIpc) is 3.57. The Hall–Kier alpha value is -4.45. The van der Waals surface area contributed by atoms with Crippen molar-refractivity contribution in [2.45, 2.75) is 25.5 Å². The number of likely N-dealkylation sites (tertiary alicyclic amines) is 1. The lowest BCUT2D eigenvalue weighted by Crippen LogP contribution is -2.38. The Morgan fingerprint density at radius 2 is 1.77 bits per heavy atom. The van der Waals surface area contributed by atoms with Gasteiger partial charge in [-0.25, -0.2) is 4.68 Å². The van der Waals surface area contributed by atoms with Gasteiger partial charge in [-0.3, -0.25) is 9.69 Å². The number of aliphatic hydroxyl groups is 1. The Labute approximate surface area is 227 Å². The Kier molecular flexibility index (Phi) is 6.61. The van der Waals surface area contributed by atoms with E-state index < -0.39 is 0 Å². The number of hydrogen-bond acceptors (Lipinski definition) is 6. The molecule has 1 aromatic heterocycles. The third kappa shape index (κ3) is 4.67. The summed E-state index contributed by atoms with van der Waals surface area (Å²) in [5.74, 6) is 0.523. The minimum atomic E-state index is -0.246. The highest BCUT2D eigenvalue weighted by Gasteiger charge is 2.33. The molecular weight excluding hydrogens is 490 g/mol. The van der Waals surface area contributed by atoms with Crippen LogP contribution in [0.1, 0.15) is 33.7 Å². The minimum Gasteiger partial charge on any atom is -0.497 e. The largest absolute Gasteiger partial charge is 0.497 e. The maximum atomic E-state index is 13.8. The highest BCUT2D eigenvalue weighted by atomic mass is 16.5. The van der Waals surface area contributed by atoms with Crippen LogP contribution in [0.3, 0.4) is 0 Å². The van der Waals surface area contributed by atoms with Crippen molar-refractivity contribution >= 4 is 11.6 Å². The second-order valence-corrected chi connectivity index (χ2v) is 9.99. The van der Waals surface area contributed by atoms with Crippen molar-refractivity contribution in [1.29, 1.82) is 5.26 Å². The molecule has 1 fully saturated rings. The van der Waals surface area contributed by atoms with Crippen molar-refractivity contribution in [3.8, 4) is 28.6 Å². The molecular formula is C31H29N5O3. The fraction of sp³-hybridized carbons (Fsp3) is 0.258. The van der Waals surface area contributed by atoms with E-state index in [1.807, 2.05) is 48.5 Å². The van der Waals surface area contributed by atoms with Crippen molar-refractivity contribution in [2.75, 3.05) is 31.6 Å². The first-order valence-electron chi connectivity index (χ1n) is 13.1. The van der Waals surface area contributed by atoms with E-state index in [-0.39, 0.29) is 17.7 Å². The number of methoxy groups -OCH3 is 1. The van der Waals surface area contributed by atoms with Gasteiger partial charge in [0.05, 0.1) is 18.9 Å². The molecule has 8 nitrogen and oxygen atoms in total. The smallest absolute Gasteiger partial charge is 0.277 e. The minimum absolute atomic E-state index is 0.179. The van der Waals surface area contributed by atoms with Gasteiger partial charge in [0, 0.05) is 37.4 Å². The third-order valence-electron chi connectivity index (χ3n) is 7.59. The molecule has 1 N–H and O–H groups in total. The Bertz CT molecular complexity index is 1550. The summed E-state index contributed by atoms with van der Waals surface area (Å²) < 4.78 is 6.83. The number of benzene rings is 3. The molecule has 0 radical (unpaired) electrons. The Balaban J connectivity index is 1.28. The Morgan fingerprint density at radius 1 is 1.03 bits per heavy atom. The van der Waals surface area contributed by atoms with E-state index in [0.717, 1.165) is 36.3 Å². The second kappa shape index (κ2) is 10.4. The predicted octanol–water partition coefficient (Wildman–Crippen LogP) is 4.19. The van der Waals surface area contributed by atoms with Crippen molar-refractivity contribution < 1.29 is 14.6 Å². The number of amides is 1. The van der Waals surface area contributed by atoms with Crippen LogP contribution in [-0.4, -0.2) is 58.5 Å². The fourth-order valence-corrected chi connectivity index (χ4v) is 5.56. The number of aliphatic hydroxyl groups excluding tert-OH is 1. The van der Waals surface area contributed by atoms with Crippen molar-refractivity contribution in [3.05, 3.63) is 95.3 Å². The molecule has 0 spiro atoms. The lowest BCUT2D eigenvalue weighted by Gasteiger charge is -2.28. The highest BCUT2D eigenvalue weighted by Crippen LogP contribution is 2.32. The van der Waals surface area contributed by atoms with E-state index >= 15 is 0 Å². The van der Waals surface area contributed by atoms with Gasteiger partial charge in [0.1, 0.15) is 17.5 Å². The van der Waals surface area contributed by atoms with Crippen LogP contribution in [-0.2, 0) is 13.0 Å². The summed E-state index contributed by atoms with van der Waals surface area (Å²) in [6, 6.07) is 25.8. The molecule has 1 saturated heterocycles. The predicted molar refractivity (Wildman–Crippen MR) is 148 cm³/mol. The Morgan fingerprint density at radius 3 is 2.46 bits per heavy atom. The van der Waals surface area contributed by atoms with Crippen LogP contribution in [0.5, 0.6) is 5.75 Å². The van der Waals surface area contributed by atoms with Crippen LogP contribution in [0.15, 0.2) is 72.8 Å². The van der Waals surface area contributed by atoms with Gasteiger partial charge in [0.25, 0.3) is 5.91 Å². The maximum Gasteiger partial charge on any atom is 0.277 e. The zero-order valence-electron chi connectivity index (χ0n) is 21.7. The summed E-state index contributed by atoms with van der Waals surface area (Å²) in [7, 11) is 1.60. The van der Waals surface area contributed by atoms with Gasteiger partial charge in [0.2, 0.25) is 0 Å². The summed E-state index contributed by atoms with van der Waals surface area (Å²) in [5.41, 5.74) is 6.33. The standard InChI is InChI=1S/C31H29N5O3/c1-39-26-12-10-24(11-13-26)36-30-28(29(18-32)33-36)15-17-35(31(30)38)23-8-6-21(7-9-23)27-5-3-2-4-22(27)19-34-16-14-25(37)20-34/h2-13,25,37H,14-17,19-20H2,1H3/t25-/m0/s1. The molecule has 39 heavy (non-hydrogen) atoms. The van der Waals surface area contributed by atoms with Crippen LogP contribution in [0, 0.1) is 11.3 Å². The van der Waals surface area contributed by atoms with Gasteiger partial charge in [-0.2, -0.15) is 10.4 Å². The lowest BCUT2D eigenvalue weighted by atomic mass is 9.98. The maximum absolute atomic E-state index is 13.8. The van der Waals surface area contributed by atoms with E-state index in [4.69, 9.17) is 4.74 Å². The van der Waals surface area contributed by atoms with Gasteiger partial charge < -0.3 is 14.7 Å². The number of fused-ring (bicyclic) bond motifs is 1. The third-order valence-corrected chi connectivity index (χ3v) is 7.59. The number of nitriles is 1. The zero-order valence-corrected chi connectivity index (χ0v) is 21.7. The average molecular weight is 520 g/mol. The number of β-amino-alcohol motifs (C(OH)–C–C–N with tert-alkyl or cyclic N) is 1. The first-order valence-corrected chi connectivity index (χ1v) is 13.1. The molecule has 0 unspecified atom stereocenters. The van der Waals surface area contributed by atoms with Gasteiger partial charge >= 0.3 is 0 Å². The first kappa shape index (κ1) is 24.9. The first-order chi connectivity index (χ1) is 19.1. The molecule has 1 amide bonds.